The van der Waals surface area contributed by atoms with Crippen LogP contribution in [-0.2, 0) is 14.6 Å². The maximum absolute atomic E-state index is 15.9. The van der Waals surface area contributed by atoms with Crippen molar-refractivity contribution in [3.05, 3.63) is 82.3 Å². The van der Waals surface area contributed by atoms with Gasteiger partial charge >= 0.3 is 5.69 Å². The Labute approximate surface area is 252 Å². The smallest absolute Gasteiger partial charge is 0.350 e. The summed E-state index contributed by atoms with van der Waals surface area (Å²) in [5.74, 6) is -0.686. The third kappa shape index (κ3) is 5.18. The topological polar surface area (TPSA) is 118 Å². The minimum absolute atomic E-state index is 0.0288. The quantitative estimate of drug-likeness (QED) is 0.295. The zero-order valence-electron chi connectivity index (χ0n) is 23.5. The molecule has 2 aliphatic rings. The van der Waals surface area contributed by atoms with Crippen LogP contribution in [0.25, 0.3) is 28.0 Å². The Morgan fingerprint density at radius 3 is 2.60 bits per heavy atom. The van der Waals surface area contributed by atoms with E-state index in [1.807, 2.05) is 11.8 Å². The number of sulfone groups is 1. The molecule has 1 aliphatic heterocycles. The summed E-state index contributed by atoms with van der Waals surface area (Å²) in [4.78, 5) is 42.9. The molecule has 4 aromatic rings. The van der Waals surface area contributed by atoms with Gasteiger partial charge in [-0.3, -0.25) is 9.78 Å². The average Bonchev–Trinajstić information content (AvgIpc) is 3.82. The number of rotatable bonds is 6. The first-order valence-electron chi connectivity index (χ1n) is 13.7. The molecule has 0 bridgehead atoms. The highest BCUT2D eigenvalue weighted by atomic mass is 35.5. The lowest BCUT2D eigenvalue weighted by Crippen LogP contribution is -2.54. The lowest BCUT2D eigenvalue weighted by molar-refractivity contribution is -0.126. The normalized spacial score (nSPS) is 17.3. The minimum atomic E-state index is -3.81. The van der Waals surface area contributed by atoms with E-state index in [9.17, 15) is 18.0 Å². The summed E-state index contributed by atoms with van der Waals surface area (Å²) < 4.78 is 43.2. The molecule has 2 fully saturated rings. The summed E-state index contributed by atoms with van der Waals surface area (Å²) >= 11 is 6.40. The summed E-state index contributed by atoms with van der Waals surface area (Å²) in [7, 11) is -3.81. The van der Waals surface area contributed by atoms with Crippen LogP contribution in [0.3, 0.4) is 0 Å². The van der Waals surface area contributed by atoms with Gasteiger partial charge in [-0.05, 0) is 55.5 Å². The van der Waals surface area contributed by atoms with Gasteiger partial charge in [-0.15, -0.1) is 0 Å². The zero-order valence-corrected chi connectivity index (χ0v) is 25.1. The number of pyridine rings is 2. The summed E-state index contributed by atoms with van der Waals surface area (Å²) in [5.41, 5.74) is 0.178. The van der Waals surface area contributed by atoms with E-state index in [1.165, 1.54) is 41.2 Å². The van der Waals surface area contributed by atoms with Gasteiger partial charge in [0.25, 0.3) is 0 Å². The predicted molar refractivity (Wildman–Crippen MR) is 162 cm³/mol. The Hall–Kier alpha value is -4.16. The van der Waals surface area contributed by atoms with Crippen molar-refractivity contribution in [1.29, 1.82) is 0 Å². The molecule has 13 heteroatoms. The van der Waals surface area contributed by atoms with Gasteiger partial charge < -0.3 is 9.80 Å². The molecule has 10 nitrogen and oxygen atoms in total. The molecular weight excluding hydrogens is 595 g/mol. The number of carbonyl (C=O) groups excluding carboxylic acids is 1. The molecule has 1 amide bonds. The molecule has 0 radical (unpaired) electrons. The number of nitrogens with zero attached hydrogens (tertiary/aromatic N) is 6. The summed E-state index contributed by atoms with van der Waals surface area (Å²) in [6.45, 7) is 6.42. The predicted octanol–water partition coefficient (Wildman–Crippen LogP) is 4.14. The number of aromatic nitrogens is 4. The van der Waals surface area contributed by atoms with Crippen molar-refractivity contribution >= 4 is 44.2 Å². The third-order valence-electron chi connectivity index (χ3n) is 7.88. The monoisotopic (exact) mass is 622 g/mol. The third-order valence-corrected chi connectivity index (χ3v) is 9.34. The Balaban J connectivity index is 1.67. The van der Waals surface area contributed by atoms with Gasteiger partial charge in [0.1, 0.15) is 17.3 Å². The molecule has 3 aromatic heterocycles. The highest BCUT2D eigenvalue weighted by Gasteiger charge is 2.34. The fraction of sp³-hybridized carbons (Fsp3) is 0.300. The van der Waals surface area contributed by atoms with Gasteiger partial charge in [-0.2, -0.15) is 4.98 Å². The number of halogens is 2. The van der Waals surface area contributed by atoms with Gasteiger partial charge in [0.15, 0.2) is 15.5 Å². The molecule has 0 unspecified atom stereocenters. The number of carbonyl (C=O) groups is 1. The summed E-state index contributed by atoms with van der Waals surface area (Å²) in [6.07, 6.45) is 6.84. The first-order valence-corrected chi connectivity index (χ1v) is 16.0. The second kappa shape index (κ2) is 10.8. The van der Waals surface area contributed by atoms with Crippen molar-refractivity contribution in [3.63, 3.8) is 0 Å². The number of para-hydroxylation sites is 1. The second-order valence-corrected chi connectivity index (χ2v) is 13.3. The number of anilines is 1. The first-order chi connectivity index (χ1) is 20.5. The molecular formula is C30H28ClFN6O4S. The van der Waals surface area contributed by atoms with Crippen LogP contribution in [-0.4, -0.2) is 70.7 Å². The molecule has 1 saturated carbocycles. The highest BCUT2D eigenvalue weighted by Crippen LogP contribution is 2.45. The lowest BCUT2D eigenvalue weighted by atomic mass is 10.1. The van der Waals surface area contributed by atoms with Crippen LogP contribution < -0.4 is 10.6 Å². The minimum Gasteiger partial charge on any atom is -0.350 e. The van der Waals surface area contributed by atoms with E-state index >= 15 is 4.39 Å². The van der Waals surface area contributed by atoms with Crippen molar-refractivity contribution in [2.75, 3.05) is 30.8 Å². The number of hydrogen-bond donors (Lipinski definition) is 0. The molecule has 1 aliphatic carbocycles. The van der Waals surface area contributed by atoms with Crippen LogP contribution in [0, 0.1) is 5.82 Å². The van der Waals surface area contributed by atoms with Crippen LogP contribution in [0.4, 0.5) is 10.2 Å². The van der Waals surface area contributed by atoms with Crippen LogP contribution in [0.5, 0.6) is 0 Å². The Bertz CT molecular complexity index is 1980. The van der Waals surface area contributed by atoms with Gasteiger partial charge in [0.2, 0.25) is 5.91 Å². The van der Waals surface area contributed by atoms with Crippen LogP contribution >= 0.6 is 11.6 Å². The fourth-order valence-corrected chi connectivity index (χ4v) is 6.75. The number of benzene rings is 1. The lowest BCUT2D eigenvalue weighted by Gasteiger charge is -2.40. The standard InChI is InChI=1S/C30H28ClFN6O4S/c1-4-25(39)36-12-13-37(17(2)16-36)28-20-14-23(32)26(21-15-33-11-10-22(21)31)34-29(20)38(30(40)35-28)27-19(18-8-9-18)6-5-7-24(27)43(3,41)42/h4-7,10-11,14-15,17-18H,1,8-9,12-13,16H2,2-3H3/t17-/m0/s1. The molecule has 1 aromatic carbocycles. The van der Waals surface area contributed by atoms with Crippen LogP contribution in [0.2, 0.25) is 5.02 Å². The van der Waals surface area contributed by atoms with Crippen molar-refractivity contribution in [2.24, 2.45) is 0 Å². The molecule has 0 N–H and O–H groups in total. The van der Waals surface area contributed by atoms with E-state index in [0.717, 1.165) is 19.1 Å². The van der Waals surface area contributed by atoms with E-state index in [-0.39, 0.29) is 61.6 Å². The number of piperazine rings is 1. The van der Waals surface area contributed by atoms with E-state index in [4.69, 9.17) is 11.6 Å². The van der Waals surface area contributed by atoms with Gasteiger partial charge in [-0.25, -0.2) is 27.2 Å². The molecule has 222 valence electrons. The van der Waals surface area contributed by atoms with Gasteiger partial charge in [0, 0.05) is 49.9 Å². The summed E-state index contributed by atoms with van der Waals surface area (Å²) in [5, 5.41) is 0.414. The van der Waals surface area contributed by atoms with E-state index < -0.39 is 21.3 Å². The zero-order chi connectivity index (χ0) is 30.6. The first kappa shape index (κ1) is 28.9. The summed E-state index contributed by atoms with van der Waals surface area (Å²) in [6, 6.07) is 7.36. The molecule has 43 heavy (non-hydrogen) atoms. The number of amides is 1. The van der Waals surface area contributed by atoms with Crippen molar-refractivity contribution in [1.82, 2.24) is 24.4 Å². The largest absolute Gasteiger partial charge is 0.355 e. The SMILES string of the molecule is C=CC(=O)N1CCN(c2nc(=O)n(-c3c(C4CC4)cccc3S(C)(=O)=O)c3nc(-c4cnccc4Cl)c(F)cc23)[C@@H](C)C1. The number of fused-ring (bicyclic) bond motifs is 1. The van der Waals surface area contributed by atoms with E-state index in [1.54, 1.807) is 17.0 Å². The molecule has 1 saturated heterocycles. The molecule has 4 heterocycles. The van der Waals surface area contributed by atoms with Gasteiger partial charge in [-0.1, -0.05) is 30.3 Å². The Kier molecular flexibility index (Phi) is 7.29. The van der Waals surface area contributed by atoms with Crippen LogP contribution in [0.1, 0.15) is 31.2 Å². The maximum Gasteiger partial charge on any atom is 0.355 e. The van der Waals surface area contributed by atoms with Gasteiger partial charge in [0.05, 0.1) is 21.0 Å². The maximum atomic E-state index is 15.9. The van der Waals surface area contributed by atoms with E-state index in [2.05, 4.69) is 21.5 Å². The molecule has 1 atom stereocenters. The Morgan fingerprint density at radius 2 is 1.95 bits per heavy atom. The van der Waals surface area contributed by atoms with Crippen LogP contribution in [0.15, 0.2) is 65.1 Å². The fourth-order valence-electron chi connectivity index (χ4n) is 5.67. The second-order valence-electron chi connectivity index (χ2n) is 10.9. The van der Waals surface area contributed by atoms with Crippen molar-refractivity contribution < 1.29 is 17.6 Å². The average molecular weight is 623 g/mol. The Morgan fingerprint density at radius 1 is 1.19 bits per heavy atom. The molecule has 6 rings (SSSR count). The van der Waals surface area contributed by atoms with Crippen molar-refractivity contribution in [3.8, 4) is 16.9 Å². The highest BCUT2D eigenvalue weighted by molar-refractivity contribution is 7.90. The van der Waals surface area contributed by atoms with E-state index in [0.29, 0.717) is 25.2 Å². The molecule has 0 spiro atoms. The number of hydrogen-bond acceptors (Lipinski definition) is 8. The van der Waals surface area contributed by atoms with Crippen molar-refractivity contribution in [2.45, 2.75) is 36.6 Å².